The molecule has 2 heterocycles. The Hall–Kier alpha value is -0.660. The lowest BCUT2D eigenvalue weighted by molar-refractivity contribution is -0.132. The molecule has 2 saturated heterocycles. The number of nitrogens with one attached hydrogen (secondary N) is 1. The van der Waals surface area contributed by atoms with Crippen molar-refractivity contribution in [3.8, 4) is 0 Å². The summed E-state index contributed by atoms with van der Waals surface area (Å²) in [7, 11) is -2.85. The number of amides is 1. The zero-order valence-corrected chi connectivity index (χ0v) is 10.7. The van der Waals surface area contributed by atoms with Gasteiger partial charge in [-0.2, -0.15) is 0 Å². The van der Waals surface area contributed by atoms with Crippen molar-refractivity contribution in [2.75, 3.05) is 57.3 Å². The number of piperazine rings is 1. The maximum atomic E-state index is 11.9. The minimum atomic E-state index is -2.85. The van der Waals surface area contributed by atoms with E-state index in [0.29, 0.717) is 19.6 Å². The molecule has 2 aliphatic heterocycles. The molecule has 1 amide bonds. The van der Waals surface area contributed by atoms with Gasteiger partial charge in [-0.1, -0.05) is 0 Å². The third kappa shape index (κ3) is 3.65. The Morgan fingerprint density at radius 1 is 1.06 bits per heavy atom. The molecule has 98 valence electrons. The van der Waals surface area contributed by atoms with Crippen LogP contribution in [0.15, 0.2) is 0 Å². The van der Waals surface area contributed by atoms with Crippen LogP contribution in [-0.2, 0) is 14.6 Å². The second-order valence-electron chi connectivity index (χ2n) is 4.56. The predicted molar refractivity (Wildman–Crippen MR) is 64.5 cm³/mol. The third-order valence-electron chi connectivity index (χ3n) is 3.27. The molecule has 0 atom stereocenters. The van der Waals surface area contributed by atoms with Gasteiger partial charge in [-0.15, -0.1) is 0 Å². The maximum Gasteiger partial charge on any atom is 0.236 e. The van der Waals surface area contributed by atoms with Gasteiger partial charge in [-0.25, -0.2) is 8.42 Å². The van der Waals surface area contributed by atoms with E-state index in [1.165, 1.54) is 0 Å². The van der Waals surface area contributed by atoms with Crippen LogP contribution >= 0.6 is 0 Å². The normalized spacial score (nSPS) is 25.8. The van der Waals surface area contributed by atoms with E-state index in [1.54, 1.807) is 0 Å². The monoisotopic (exact) mass is 261 g/mol. The fourth-order valence-electron chi connectivity index (χ4n) is 2.11. The molecule has 17 heavy (non-hydrogen) atoms. The van der Waals surface area contributed by atoms with Gasteiger partial charge < -0.3 is 10.2 Å². The number of carbonyl (C=O) groups excluding carboxylic acids is 1. The lowest BCUT2D eigenvalue weighted by Crippen LogP contribution is -2.51. The Bertz CT molecular complexity index is 362. The Balaban J connectivity index is 1.79. The third-order valence-corrected chi connectivity index (χ3v) is 4.87. The highest BCUT2D eigenvalue weighted by molar-refractivity contribution is 7.91. The molecule has 0 radical (unpaired) electrons. The maximum absolute atomic E-state index is 11.9. The summed E-state index contributed by atoms with van der Waals surface area (Å²) in [6.45, 7) is 4.53. The largest absolute Gasteiger partial charge is 0.339 e. The molecule has 2 aliphatic rings. The van der Waals surface area contributed by atoms with Crippen molar-refractivity contribution in [3.05, 3.63) is 0 Å². The van der Waals surface area contributed by atoms with E-state index in [1.807, 2.05) is 9.80 Å². The molecule has 0 aromatic heterocycles. The molecule has 0 unspecified atom stereocenters. The molecule has 2 rings (SSSR count). The number of hydrogen-bond donors (Lipinski definition) is 1. The molecule has 0 aromatic rings. The zero-order chi connectivity index (χ0) is 12.3. The molecule has 0 saturated carbocycles. The van der Waals surface area contributed by atoms with Crippen LogP contribution in [0.3, 0.4) is 0 Å². The first-order chi connectivity index (χ1) is 8.07. The minimum Gasteiger partial charge on any atom is -0.339 e. The van der Waals surface area contributed by atoms with E-state index in [-0.39, 0.29) is 17.4 Å². The van der Waals surface area contributed by atoms with Crippen LogP contribution < -0.4 is 5.32 Å². The van der Waals surface area contributed by atoms with Crippen LogP contribution in [-0.4, -0.2) is 81.4 Å². The average molecular weight is 261 g/mol. The van der Waals surface area contributed by atoms with Gasteiger partial charge in [-0.3, -0.25) is 9.69 Å². The van der Waals surface area contributed by atoms with Crippen LogP contribution in [0.25, 0.3) is 0 Å². The van der Waals surface area contributed by atoms with Crippen LogP contribution in [0.5, 0.6) is 0 Å². The second kappa shape index (κ2) is 5.32. The first-order valence-electron chi connectivity index (χ1n) is 5.98. The standard InChI is InChI=1S/C10H19N3O3S/c14-10(13-3-1-11-2-4-13)9-12-5-7-17(15,16)8-6-12/h11H,1-9H2. The predicted octanol–water partition coefficient (Wildman–Crippen LogP) is -1.85. The minimum absolute atomic E-state index is 0.116. The summed E-state index contributed by atoms with van der Waals surface area (Å²) in [5.74, 6) is 0.481. The summed E-state index contributed by atoms with van der Waals surface area (Å²) < 4.78 is 22.5. The zero-order valence-electron chi connectivity index (χ0n) is 9.89. The summed E-state index contributed by atoms with van der Waals surface area (Å²) in [4.78, 5) is 15.7. The highest BCUT2D eigenvalue weighted by atomic mass is 32.2. The first kappa shape index (κ1) is 12.8. The second-order valence-corrected chi connectivity index (χ2v) is 6.86. The quantitative estimate of drug-likeness (QED) is 0.632. The molecule has 0 aliphatic carbocycles. The molecular formula is C10H19N3O3S. The smallest absolute Gasteiger partial charge is 0.236 e. The van der Waals surface area contributed by atoms with Crippen molar-refractivity contribution in [1.82, 2.24) is 15.1 Å². The van der Waals surface area contributed by atoms with Crippen molar-refractivity contribution in [1.29, 1.82) is 0 Å². The molecule has 0 bridgehead atoms. The van der Waals surface area contributed by atoms with E-state index < -0.39 is 9.84 Å². The lowest BCUT2D eigenvalue weighted by atomic mass is 10.3. The van der Waals surface area contributed by atoms with Gasteiger partial charge in [0.2, 0.25) is 5.91 Å². The van der Waals surface area contributed by atoms with E-state index in [4.69, 9.17) is 0 Å². The Morgan fingerprint density at radius 3 is 2.24 bits per heavy atom. The summed E-state index contributed by atoms with van der Waals surface area (Å²) >= 11 is 0. The summed E-state index contributed by atoms with van der Waals surface area (Å²) in [6.07, 6.45) is 0. The number of carbonyl (C=O) groups is 1. The van der Waals surface area contributed by atoms with Crippen LogP contribution in [0, 0.1) is 0 Å². The summed E-state index contributed by atoms with van der Waals surface area (Å²) in [6, 6.07) is 0. The van der Waals surface area contributed by atoms with E-state index in [0.717, 1.165) is 26.2 Å². The highest BCUT2D eigenvalue weighted by Gasteiger charge is 2.25. The van der Waals surface area contributed by atoms with E-state index in [2.05, 4.69) is 5.32 Å². The molecule has 0 aromatic carbocycles. The Morgan fingerprint density at radius 2 is 1.65 bits per heavy atom. The van der Waals surface area contributed by atoms with Crippen molar-refractivity contribution in [2.45, 2.75) is 0 Å². The first-order valence-corrected chi connectivity index (χ1v) is 7.80. The molecular weight excluding hydrogens is 242 g/mol. The Labute approximate surface area is 102 Å². The van der Waals surface area contributed by atoms with E-state index in [9.17, 15) is 13.2 Å². The van der Waals surface area contributed by atoms with Crippen LogP contribution in [0.4, 0.5) is 0 Å². The van der Waals surface area contributed by atoms with Gasteiger partial charge in [0.25, 0.3) is 0 Å². The molecule has 1 N–H and O–H groups in total. The topological polar surface area (TPSA) is 69.7 Å². The van der Waals surface area contributed by atoms with Gasteiger partial charge in [-0.05, 0) is 0 Å². The summed E-state index contributed by atoms with van der Waals surface area (Å²) in [5, 5.41) is 3.20. The number of sulfone groups is 1. The lowest BCUT2D eigenvalue weighted by Gasteiger charge is -2.31. The average Bonchev–Trinajstić information content (AvgIpc) is 2.33. The highest BCUT2D eigenvalue weighted by Crippen LogP contribution is 2.04. The van der Waals surface area contributed by atoms with Crippen molar-refractivity contribution in [3.63, 3.8) is 0 Å². The number of hydrogen-bond acceptors (Lipinski definition) is 5. The van der Waals surface area contributed by atoms with Crippen molar-refractivity contribution >= 4 is 15.7 Å². The summed E-state index contributed by atoms with van der Waals surface area (Å²) in [5.41, 5.74) is 0. The number of nitrogens with zero attached hydrogens (tertiary/aromatic N) is 2. The van der Waals surface area contributed by atoms with Crippen molar-refractivity contribution < 1.29 is 13.2 Å². The molecule has 6 nitrogen and oxygen atoms in total. The van der Waals surface area contributed by atoms with Gasteiger partial charge in [0.15, 0.2) is 9.84 Å². The molecule has 7 heteroatoms. The molecule has 0 spiro atoms. The Kier molecular flexibility index (Phi) is 4.01. The van der Waals surface area contributed by atoms with E-state index >= 15 is 0 Å². The van der Waals surface area contributed by atoms with Gasteiger partial charge in [0.05, 0.1) is 18.1 Å². The molecule has 2 fully saturated rings. The van der Waals surface area contributed by atoms with Crippen molar-refractivity contribution in [2.24, 2.45) is 0 Å². The van der Waals surface area contributed by atoms with Gasteiger partial charge >= 0.3 is 0 Å². The number of rotatable bonds is 2. The fraction of sp³-hybridized carbons (Fsp3) is 0.900. The van der Waals surface area contributed by atoms with Crippen LogP contribution in [0.2, 0.25) is 0 Å². The van der Waals surface area contributed by atoms with Gasteiger partial charge in [0.1, 0.15) is 0 Å². The van der Waals surface area contributed by atoms with Crippen LogP contribution in [0.1, 0.15) is 0 Å². The SMILES string of the molecule is O=C(CN1CCS(=O)(=O)CC1)N1CCNCC1. The fourth-order valence-corrected chi connectivity index (χ4v) is 3.39. The van der Waals surface area contributed by atoms with Gasteiger partial charge in [0, 0.05) is 39.3 Å².